The summed E-state index contributed by atoms with van der Waals surface area (Å²) in [6, 6.07) is 21.3. The molecule has 2 aromatic carbocycles. The molecule has 0 aliphatic heterocycles. The summed E-state index contributed by atoms with van der Waals surface area (Å²) in [5.41, 5.74) is 0. The Labute approximate surface area is 353 Å². The van der Waals surface area contributed by atoms with Crippen LogP contribution in [-0.4, -0.2) is 147 Å². The van der Waals surface area contributed by atoms with Gasteiger partial charge < -0.3 is 51.8 Å². The van der Waals surface area contributed by atoms with Crippen LogP contribution in [0.15, 0.2) is 60.7 Å². The molecular formula is C46H80O11Si. The van der Waals surface area contributed by atoms with Crippen molar-refractivity contribution in [3.05, 3.63) is 60.7 Å². The highest BCUT2D eigenvalue weighted by molar-refractivity contribution is 6.99. The Hall–Kier alpha value is -1.78. The fraction of sp³-hybridized carbons (Fsp3) is 0.739. The van der Waals surface area contributed by atoms with Gasteiger partial charge in [-0.15, -0.1) is 0 Å². The van der Waals surface area contributed by atoms with Crippen molar-refractivity contribution < 1.29 is 51.8 Å². The number of benzene rings is 2. The highest BCUT2D eigenvalue weighted by atomic mass is 28.4. The van der Waals surface area contributed by atoms with E-state index in [2.05, 4.69) is 88.4 Å². The van der Waals surface area contributed by atoms with Crippen molar-refractivity contribution in [3.63, 3.8) is 0 Å². The van der Waals surface area contributed by atoms with Gasteiger partial charge in [0.15, 0.2) is 0 Å². The fourth-order valence-electron chi connectivity index (χ4n) is 6.43. The third-order valence-corrected chi connectivity index (χ3v) is 14.5. The molecule has 0 N–H and O–H groups in total. The van der Waals surface area contributed by atoms with E-state index < -0.39 is 8.32 Å². The van der Waals surface area contributed by atoms with Gasteiger partial charge in [-0.1, -0.05) is 133 Å². The first-order valence-electron chi connectivity index (χ1n) is 22.0. The summed E-state index contributed by atoms with van der Waals surface area (Å²) in [5.74, 6) is 0. The van der Waals surface area contributed by atoms with Gasteiger partial charge in [0.05, 0.1) is 132 Å². The van der Waals surface area contributed by atoms with Gasteiger partial charge in [-0.3, -0.25) is 0 Å². The van der Waals surface area contributed by atoms with Crippen molar-refractivity contribution in [1.29, 1.82) is 0 Å². The maximum atomic E-state index is 6.86. The summed E-state index contributed by atoms with van der Waals surface area (Å²) >= 11 is 0. The van der Waals surface area contributed by atoms with E-state index in [4.69, 9.17) is 51.8 Å². The van der Waals surface area contributed by atoms with E-state index in [1.54, 1.807) is 0 Å². The average molecular weight is 837 g/mol. The van der Waals surface area contributed by atoms with E-state index in [9.17, 15) is 0 Å². The van der Waals surface area contributed by atoms with Gasteiger partial charge in [-0.25, -0.2) is 0 Å². The minimum absolute atomic E-state index is 0.0549. The van der Waals surface area contributed by atoms with Crippen molar-refractivity contribution in [2.75, 3.05) is 139 Å². The predicted molar refractivity (Wildman–Crippen MR) is 234 cm³/mol. The smallest absolute Gasteiger partial charge is 0.261 e. The normalized spacial score (nSPS) is 12.1. The Bertz CT molecular complexity index is 1100. The van der Waals surface area contributed by atoms with Crippen molar-refractivity contribution in [1.82, 2.24) is 0 Å². The number of hydrogen-bond acceptors (Lipinski definition) is 11. The van der Waals surface area contributed by atoms with E-state index >= 15 is 0 Å². The molecule has 0 bridgehead atoms. The third-order valence-electron chi connectivity index (χ3n) is 9.45. The number of rotatable bonds is 42. The standard InChI is InChI=1S/C46H80O11Si/c1-5-6-7-8-9-10-11-18-23-47-24-25-48-26-27-49-28-29-50-30-31-51-32-33-52-34-35-53-36-37-54-38-39-55-40-41-56-42-43-57-58(46(2,3)4,44-19-14-12-15-20-44)45-21-16-13-17-22-45/h12-17,19-22H,5-11,18,23-43H2,1-4H3. The minimum atomic E-state index is -2.54. The zero-order valence-corrected chi connectivity index (χ0v) is 37.8. The second-order valence-corrected chi connectivity index (χ2v) is 19.4. The van der Waals surface area contributed by atoms with Gasteiger partial charge in [-0.2, -0.15) is 0 Å². The zero-order chi connectivity index (χ0) is 41.5. The summed E-state index contributed by atoms with van der Waals surface area (Å²) in [6.07, 6.45) is 10.5. The van der Waals surface area contributed by atoms with Crippen LogP contribution in [0.1, 0.15) is 79.1 Å². The molecule has 0 aromatic heterocycles. The summed E-state index contributed by atoms with van der Waals surface area (Å²) in [7, 11) is -2.54. The van der Waals surface area contributed by atoms with Crippen molar-refractivity contribution >= 4 is 18.7 Å². The lowest BCUT2D eigenvalue weighted by Gasteiger charge is -2.43. The molecule has 0 aliphatic rings. The van der Waals surface area contributed by atoms with Crippen LogP contribution >= 0.6 is 0 Å². The first kappa shape index (κ1) is 52.4. The van der Waals surface area contributed by atoms with E-state index in [0.717, 1.165) is 13.0 Å². The largest absolute Gasteiger partial charge is 0.405 e. The molecule has 11 nitrogen and oxygen atoms in total. The molecule has 0 heterocycles. The molecule has 2 rings (SSSR count). The maximum Gasteiger partial charge on any atom is 0.261 e. The lowest BCUT2D eigenvalue weighted by molar-refractivity contribution is -0.0267. The van der Waals surface area contributed by atoms with Crippen LogP contribution in [0.4, 0.5) is 0 Å². The Morgan fingerprint density at radius 2 is 0.586 bits per heavy atom. The lowest BCUT2D eigenvalue weighted by Crippen LogP contribution is -2.66. The van der Waals surface area contributed by atoms with Crippen LogP contribution in [0.25, 0.3) is 0 Å². The molecule has 2 aromatic rings. The van der Waals surface area contributed by atoms with Gasteiger partial charge in [0.25, 0.3) is 8.32 Å². The van der Waals surface area contributed by atoms with Crippen LogP contribution in [0, 0.1) is 0 Å². The topological polar surface area (TPSA) is 102 Å². The van der Waals surface area contributed by atoms with Gasteiger partial charge in [0.2, 0.25) is 0 Å². The van der Waals surface area contributed by atoms with E-state index in [1.807, 2.05) is 0 Å². The fourth-order valence-corrected chi connectivity index (χ4v) is 11.0. The molecule has 0 unspecified atom stereocenters. The minimum Gasteiger partial charge on any atom is -0.405 e. The van der Waals surface area contributed by atoms with Gasteiger partial charge in [-0.05, 0) is 21.8 Å². The third kappa shape index (κ3) is 25.8. The van der Waals surface area contributed by atoms with Crippen LogP contribution in [-0.2, 0) is 51.8 Å². The van der Waals surface area contributed by atoms with Crippen molar-refractivity contribution in [2.45, 2.75) is 84.1 Å². The second kappa shape index (κ2) is 37.0. The number of ether oxygens (including phenoxy) is 10. The Balaban J connectivity index is 1.26. The van der Waals surface area contributed by atoms with Crippen LogP contribution in [0.2, 0.25) is 5.04 Å². The summed E-state index contributed by atoms with van der Waals surface area (Å²) in [5, 5.41) is 2.48. The highest BCUT2D eigenvalue weighted by Gasteiger charge is 2.50. The lowest BCUT2D eigenvalue weighted by atomic mass is 10.1. The van der Waals surface area contributed by atoms with Crippen molar-refractivity contribution in [3.8, 4) is 0 Å². The van der Waals surface area contributed by atoms with Gasteiger partial charge in [0, 0.05) is 6.61 Å². The first-order valence-corrected chi connectivity index (χ1v) is 24.0. The molecule has 12 heteroatoms. The molecule has 58 heavy (non-hydrogen) atoms. The summed E-state index contributed by atoms with van der Waals surface area (Å²) in [4.78, 5) is 0. The van der Waals surface area contributed by atoms with E-state index in [1.165, 1.54) is 55.3 Å². The monoisotopic (exact) mass is 837 g/mol. The molecule has 0 atom stereocenters. The Morgan fingerprint density at radius 1 is 0.328 bits per heavy atom. The van der Waals surface area contributed by atoms with Crippen LogP contribution < -0.4 is 10.4 Å². The molecule has 0 fully saturated rings. The van der Waals surface area contributed by atoms with Crippen molar-refractivity contribution in [2.24, 2.45) is 0 Å². The number of hydrogen-bond donors (Lipinski definition) is 0. The Kier molecular flexibility index (Phi) is 33.4. The quantitative estimate of drug-likeness (QED) is 0.0518. The maximum absolute atomic E-state index is 6.86. The molecule has 0 spiro atoms. The molecule has 0 aliphatic carbocycles. The first-order chi connectivity index (χ1) is 28.5. The molecule has 334 valence electrons. The molecule has 0 saturated carbocycles. The molecule has 0 saturated heterocycles. The molecular weight excluding hydrogens is 757 g/mol. The second-order valence-electron chi connectivity index (χ2n) is 15.1. The Morgan fingerprint density at radius 3 is 0.879 bits per heavy atom. The molecule has 0 radical (unpaired) electrons. The summed E-state index contributed by atoms with van der Waals surface area (Å²) in [6.45, 7) is 20.6. The van der Waals surface area contributed by atoms with E-state index in [0.29, 0.717) is 132 Å². The summed E-state index contributed by atoms with van der Waals surface area (Å²) < 4.78 is 62.9. The van der Waals surface area contributed by atoms with Crippen LogP contribution in [0.3, 0.4) is 0 Å². The molecule has 0 amide bonds. The number of unbranched alkanes of at least 4 members (excludes halogenated alkanes) is 7. The average Bonchev–Trinajstić information content (AvgIpc) is 3.23. The highest BCUT2D eigenvalue weighted by Crippen LogP contribution is 2.36. The van der Waals surface area contributed by atoms with Gasteiger partial charge in [0.1, 0.15) is 0 Å². The predicted octanol–water partition coefficient (Wildman–Crippen LogP) is 6.87. The van der Waals surface area contributed by atoms with Gasteiger partial charge >= 0.3 is 0 Å². The zero-order valence-electron chi connectivity index (χ0n) is 36.8. The van der Waals surface area contributed by atoms with E-state index in [-0.39, 0.29) is 5.04 Å². The van der Waals surface area contributed by atoms with Crippen LogP contribution in [0.5, 0.6) is 0 Å². The SMILES string of the molecule is CCCCCCCCCCOCCOCCOCCOCCOCCOCCOCCOCCOCCOCCO[Si](c1ccccc1)(c1ccccc1)C(C)(C)C.